The van der Waals surface area contributed by atoms with Crippen molar-refractivity contribution in [1.29, 1.82) is 0 Å². The Bertz CT molecular complexity index is 501. The molecule has 2 nitrogen and oxygen atoms in total. The molecular weight excluding hydrogens is 246 g/mol. The quantitative estimate of drug-likeness (QED) is 0.771. The zero-order valence-electron chi connectivity index (χ0n) is 10.5. The molecule has 0 saturated heterocycles. The third-order valence-electron chi connectivity index (χ3n) is 3.08. The molecule has 3 heteroatoms. The molecule has 0 aliphatic rings. The number of hydrogen-bond donors (Lipinski definition) is 0. The molecule has 1 aromatic heterocycles. The molecule has 1 aromatic carbocycles. The van der Waals surface area contributed by atoms with E-state index in [-0.39, 0.29) is 11.3 Å². The predicted molar refractivity (Wildman–Crippen MR) is 74.2 cm³/mol. The fourth-order valence-electron chi connectivity index (χ4n) is 1.94. The van der Waals surface area contributed by atoms with E-state index in [4.69, 9.17) is 16.3 Å². The van der Waals surface area contributed by atoms with Crippen LogP contribution in [0.5, 0.6) is 5.75 Å². The van der Waals surface area contributed by atoms with Gasteiger partial charge >= 0.3 is 0 Å². The van der Waals surface area contributed by atoms with E-state index in [1.54, 1.807) is 19.5 Å². The number of hydrogen-bond acceptors (Lipinski definition) is 2. The highest BCUT2D eigenvalue weighted by molar-refractivity contribution is 6.21. The molecule has 0 aliphatic heterocycles. The van der Waals surface area contributed by atoms with Crippen LogP contribution in [0.15, 0.2) is 48.8 Å². The van der Waals surface area contributed by atoms with Gasteiger partial charge in [-0.1, -0.05) is 19.1 Å². The van der Waals surface area contributed by atoms with Gasteiger partial charge in [-0.3, -0.25) is 4.98 Å². The second-order valence-corrected chi connectivity index (χ2v) is 4.72. The predicted octanol–water partition coefficient (Wildman–Crippen LogP) is 4.17. The van der Waals surface area contributed by atoms with Crippen molar-refractivity contribution in [2.24, 2.45) is 0 Å². The largest absolute Gasteiger partial charge is 0.497 e. The zero-order valence-corrected chi connectivity index (χ0v) is 11.3. The Morgan fingerprint density at radius 3 is 2.50 bits per heavy atom. The topological polar surface area (TPSA) is 22.1 Å². The lowest BCUT2D eigenvalue weighted by Crippen LogP contribution is -2.03. The number of halogens is 1. The van der Waals surface area contributed by atoms with Gasteiger partial charge in [-0.15, -0.1) is 11.6 Å². The van der Waals surface area contributed by atoms with Crippen LogP contribution in [0.1, 0.15) is 29.3 Å². The van der Waals surface area contributed by atoms with Crippen molar-refractivity contribution < 1.29 is 4.74 Å². The van der Waals surface area contributed by atoms with Crippen LogP contribution in [-0.2, 0) is 0 Å². The highest BCUT2D eigenvalue weighted by atomic mass is 35.5. The van der Waals surface area contributed by atoms with E-state index in [1.165, 1.54) is 5.56 Å². The first-order valence-corrected chi connectivity index (χ1v) is 6.34. The Balaban J connectivity index is 2.22. The van der Waals surface area contributed by atoms with E-state index in [9.17, 15) is 0 Å². The number of ether oxygens (including phenoxy) is 1. The van der Waals surface area contributed by atoms with E-state index in [0.717, 1.165) is 11.3 Å². The number of methoxy groups -OCH3 is 1. The first-order valence-electron chi connectivity index (χ1n) is 5.90. The molecular formula is C15H16ClNO. The molecule has 18 heavy (non-hydrogen) atoms. The third-order valence-corrected chi connectivity index (χ3v) is 3.71. The van der Waals surface area contributed by atoms with Crippen LogP contribution in [-0.4, -0.2) is 12.1 Å². The molecule has 94 valence electrons. The number of benzene rings is 1. The van der Waals surface area contributed by atoms with Crippen LogP contribution >= 0.6 is 11.6 Å². The standard InChI is InChI=1S/C15H16ClNO/c1-11(12-6-8-17-9-7-12)15(16)13-4-3-5-14(10-13)18-2/h3-11,15H,1-2H3. The lowest BCUT2D eigenvalue weighted by atomic mass is 9.94. The van der Waals surface area contributed by atoms with Crippen LogP contribution in [0, 0.1) is 0 Å². The summed E-state index contributed by atoms with van der Waals surface area (Å²) in [5.41, 5.74) is 2.26. The highest BCUT2D eigenvalue weighted by Crippen LogP contribution is 2.36. The maximum Gasteiger partial charge on any atom is 0.119 e. The number of pyridine rings is 1. The highest BCUT2D eigenvalue weighted by Gasteiger charge is 2.18. The molecule has 0 radical (unpaired) electrons. The second-order valence-electron chi connectivity index (χ2n) is 4.25. The van der Waals surface area contributed by atoms with E-state index in [2.05, 4.69) is 11.9 Å². The molecule has 0 aliphatic carbocycles. The maximum absolute atomic E-state index is 6.54. The summed E-state index contributed by atoms with van der Waals surface area (Å²) in [7, 11) is 1.66. The van der Waals surface area contributed by atoms with Gasteiger partial charge in [0, 0.05) is 18.3 Å². The lowest BCUT2D eigenvalue weighted by molar-refractivity contribution is 0.414. The van der Waals surface area contributed by atoms with Crippen molar-refractivity contribution in [3.8, 4) is 5.75 Å². The Hall–Kier alpha value is -1.54. The molecule has 2 atom stereocenters. The van der Waals surface area contributed by atoms with Gasteiger partial charge in [-0.05, 0) is 35.4 Å². The van der Waals surface area contributed by atoms with Gasteiger partial charge in [0.1, 0.15) is 5.75 Å². The third kappa shape index (κ3) is 2.82. The van der Waals surface area contributed by atoms with Crippen LogP contribution in [0.4, 0.5) is 0 Å². The zero-order chi connectivity index (χ0) is 13.0. The van der Waals surface area contributed by atoms with Gasteiger partial charge < -0.3 is 4.74 Å². The number of rotatable bonds is 4. The van der Waals surface area contributed by atoms with Crippen LogP contribution in [0.3, 0.4) is 0 Å². The number of aromatic nitrogens is 1. The summed E-state index contributed by atoms with van der Waals surface area (Å²) in [6.45, 7) is 2.12. The Kier molecular flexibility index (Phi) is 4.21. The molecule has 0 amide bonds. The van der Waals surface area contributed by atoms with E-state index in [0.29, 0.717) is 0 Å². The average molecular weight is 262 g/mol. The van der Waals surface area contributed by atoms with E-state index >= 15 is 0 Å². The maximum atomic E-state index is 6.54. The van der Waals surface area contributed by atoms with Gasteiger partial charge in [-0.2, -0.15) is 0 Å². The van der Waals surface area contributed by atoms with Crippen molar-refractivity contribution in [2.45, 2.75) is 18.2 Å². The minimum atomic E-state index is -0.0810. The summed E-state index contributed by atoms with van der Waals surface area (Å²) >= 11 is 6.54. The molecule has 2 aromatic rings. The van der Waals surface area contributed by atoms with Crippen LogP contribution < -0.4 is 4.74 Å². The van der Waals surface area contributed by atoms with Crippen molar-refractivity contribution >= 4 is 11.6 Å². The van der Waals surface area contributed by atoms with Crippen molar-refractivity contribution in [3.05, 3.63) is 59.9 Å². The van der Waals surface area contributed by atoms with E-state index in [1.807, 2.05) is 36.4 Å². The number of nitrogens with zero attached hydrogens (tertiary/aromatic N) is 1. The van der Waals surface area contributed by atoms with Crippen molar-refractivity contribution in [3.63, 3.8) is 0 Å². The number of alkyl halides is 1. The minimum absolute atomic E-state index is 0.0810. The molecule has 0 N–H and O–H groups in total. The summed E-state index contributed by atoms with van der Waals surface area (Å²) in [6.07, 6.45) is 3.59. The second kappa shape index (κ2) is 5.87. The average Bonchev–Trinajstić information content (AvgIpc) is 2.46. The lowest BCUT2D eigenvalue weighted by Gasteiger charge is -2.19. The van der Waals surface area contributed by atoms with Crippen LogP contribution in [0.25, 0.3) is 0 Å². The van der Waals surface area contributed by atoms with Crippen molar-refractivity contribution in [1.82, 2.24) is 4.98 Å². The van der Waals surface area contributed by atoms with E-state index < -0.39 is 0 Å². The fraction of sp³-hybridized carbons (Fsp3) is 0.267. The smallest absolute Gasteiger partial charge is 0.119 e. The summed E-state index contributed by atoms with van der Waals surface area (Å²) in [5.74, 6) is 1.06. The molecule has 0 fully saturated rings. The SMILES string of the molecule is COc1cccc(C(Cl)C(C)c2ccncc2)c1. The van der Waals surface area contributed by atoms with Crippen LogP contribution in [0.2, 0.25) is 0 Å². The molecule has 2 rings (SSSR count). The first-order chi connectivity index (χ1) is 8.72. The van der Waals surface area contributed by atoms with Gasteiger partial charge in [0.05, 0.1) is 12.5 Å². The Labute approximate surface area is 113 Å². The summed E-state index contributed by atoms with van der Waals surface area (Å²) in [5, 5.41) is -0.0810. The Morgan fingerprint density at radius 2 is 1.83 bits per heavy atom. The van der Waals surface area contributed by atoms with Gasteiger partial charge in [0.15, 0.2) is 0 Å². The van der Waals surface area contributed by atoms with Gasteiger partial charge in [0.2, 0.25) is 0 Å². The fourth-order valence-corrected chi connectivity index (χ4v) is 2.22. The normalized spacial score (nSPS) is 13.9. The van der Waals surface area contributed by atoms with Crippen molar-refractivity contribution in [2.75, 3.05) is 7.11 Å². The molecule has 0 spiro atoms. The molecule has 1 heterocycles. The first kappa shape index (κ1) is 12.9. The monoisotopic (exact) mass is 261 g/mol. The summed E-state index contributed by atoms with van der Waals surface area (Å²) < 4.78 is 5.22. The summed E-state index contributed by atoms with van der Waals surface area (Å²) in [4.78, 5) is 4.02. The molecule has 0 bridgehead atoms. The summed E-state index contributed by atoms with van der Waals surface area (Å²) in [6, 6.07) is 11.9. The minimum Gasteiger partial charge on any atom is -0.497 e. The molecule has 0 saturated carbocycles. The molecule has 2 unspecified atom stereocenters. The van der Waals surface area contributed by atoms with Gasteiger partial charge in [0.25, 0.3) is 0 Å². The Morgan fingerprint density at radius 1 is 1.11 bits per heavy atom. The van der Waals surface area contributed by atoms with Gasteiger partial charge in [-0.25, -0.2) is 0 Å².